The highest BCUT2D eigenvalue weighted by atomic mass is 19.1. The first-order valence-electron chi connectivity index (χ1n) is 8.84. The van der Waals surface area contributed by atoms with E-state index in [1.165, 1.54) is 16.0 Å². The Labute approximate surface area is 159 Å². The molecule has 1 aromatic carbocycles. The molecule has 1 saturated heterocycles. The van der Waals surface area contributed by atoms with Gasteiger partial charge in [-0.15, -0.1) is 0 Å². The van der Waals surface area contributed by atoms with Crippen LogP contribution in [0.25, 0.3) is 0 Å². The van der Waals surface area contributed by atoms with Gasteiger partial charge in [-0.05, 0) is 12.8 Å². The summed E-state index contributed by atoms with van der Waals surface area (Å²) in [6.07, 6.45) is 2.83. The van der Waals surface area contributed by atoms with Gasteiger partial charge in [0.05, 0.1) is 0 Å². The van der Waals surface area contributed by atoms with E-state index in [1.807, 2.05) is 0 Å². The Morgan fingerprint density at radius 1 is 1.18 bits per heavy atom. The van der Waals surface area contributed by atoms with Crippen LogP contribution in [0.4, 0.5) is 13.2 Å². The van der Waals surface area contributed by atoms with Gasteiger partial charge < -0.3 is 20.2 Å². The Hall–Kier alpha value is -2.97. The summed E-state index contributed by atoms with van der Waals surface area (Å²) in [6, 6.07) is 1.07. The summed E-state index contributed by atoms with van der Waals surface area (Å²) in [5.74, 6) is -4.45. The summed E-state index contributed by atoms with van der Waals surface area (Å²) >= 11 is 0. The molecule has 9 heteroatoms. The Morgan fingerprint density at radius 2 is 1.82 bits per heavy atom. The monoisotopic (exact) mass is 395 g/mol. The largest absolute Gasteiger partial charge is 0.510 e. The number of fused-ring (bicyclic) bond motifs is 1. The van der Waals surface area contributed by atoms with E-state index in [4.69, 9.17) is 0 Å². The molecular formula is C19H20F3N3O3. The van der Waals surface area contributed by atoms with Crippen molar-refractivity contribution in [3.05, 3.63) is 58.4 Å². The predicted octanol–water partition coefficient (Wildman–Crippen LogP) is 2.33. The molecule has 150 valence electrons. The molecule has 2 N–H and O–H groups in total. The number of nitrogens with zero attached hydrogens (tertiary/aromatic N) is 2. The third kappa shape index (κ3) is 3.97. The molecule has 28 heavy (non-hydrogen) atoms. The third-order valence-electron chi connectivity index (χ3n) is 4.75. The van der Waals surface area contributed by atoms with E-state index in [0.29, 0.717) is 25.2 Å². The van der Waals surface area contributed by atoms with E-state index in [1.54, 1.807) is 7.05 Å². The SMILES string of the molecule is CN1CCCCN2C=C(C(=O)NCc3c(F)cc(F)cc3F)CC(O)=C2C1=O. The highest BCUT2D eigenvalue weighted by molar-refractivity contribution is 5.97. The van der Waals surface area contributed by atoms with Crippen molar-refractivity contribution in [1.29, 1.82) is 0 Å². The minimum absolute atomic E-state index is 0.134. The van der Waals surface area contributed by atoms with E-state index in [0.717, 1.165) is 12.8 Å². The molecule has 3 rings (SSSR count). The smallest absolute Gasteiger partial charge is 0.273 e. The molecule has 0 aromatic heterocycles. The summed E-state index contributed by atoms with van der Waals surface area (Å²) < 4.78 is 40.4. The van der Waals surface area contributed by atoms with Crippen LogP contribution in [0.3, 0.4) is 0 Å². The van der Waals surface area contributed by atoms with Crippen LogP contribution in [-0.4, -0.2) is 46.9 Å². The average molecular weight is 395 g/mol. The van der Waals surface area contributed by atoms with Crippen LogP contribution in [0.2, 0.25) is 0 Å². The van der Waals surface area contributed by atoms with Gasteiger partial charge in [0.25, 0.3) is 5.91 Å². The van der Waals surface area contributed by atoms with E-state index in [2.05, 4.69) is 5.32 Å². The van der Waals surface area contributed by atoms with Crippen molar-refractivity contribution in [2.24, 2.45) is 0 Å². The van der Waals surface area contributed by atoms with Crippen molar-refractivity contribution in [3.8, 4) is 0 Å². The standard InChI is InChI=1S/C19H20F3N3O3/c1-24-4-2-3-5-25-10-11(6-16(26)17(25)19(24)28)18(27)23-9-13-14(21)7-12(20)8-15(13)22/h7-8,10,26H,2-6,9H2,1H3,(H,23,27). The fourth-order valence-corrected chi connectivity index (χ4v) is 3.23. The van der Waals surface area contributed by atoms with Gasteiger partial charge >= 0.3 is 0 Å². The number of likely N-dealkylation sites (N-methyl/N-ethyl adjacent to an activating group) is 1. The Kier molecular flexibility index (Phi) is 5.62. The Bertz CT molecular complexity index is 859. The lowest BCUT2D eigenvalue weighted by Crippen LogP contribution is -2.41. The highest BCUT2D eigenvalue weighted by Gasteiger charge is 2.31. The van der Waals surface area contributed by atoms with Crippen LogP contribution in [0.15, 0.2) is 35.4 Å². The lowest BCUT2D eigenvalue weighted by atomic mass is 10.0. The predicted molar refractivity (Wildman–Crippen MR) is 94.1 cm³/mol. The molecule has 0 aliphatic carbocycles. The van der Waals surface area contributed by atoms with Gasteiger partial charge in [-0.25, -0.2) is 13.2 Å². The number of carbonyl (C=O) groups excluding carboxylic acids is 2. The van der Waals surface area contributed by atoms with Gasteiger partial charge in [0.2, 0.25) is 5.91 Å². The molecule has 2 aliphatic heterocycles. The maximum absolute atomic E-state index is 13.7. The van der Waals surface area contributed by atoms with Crippen LogP contribution in [0.1, 0.15) is 24.8 Å². The molecule has 0 saturated carbocycles. The fourth-order valence-electron chi connectivity index (χ4n) is 3.23. The molecule has 2 aliphatic rings. The normalized spacial score (nSPS) is 17.7. The second-order valence-electron chi connectivity index (χ2n) is 6.78. The summed E-state index contributed by atoms with van der Waals surface area (Å²) in [6.45, 7) is 0.555. The highest BCUT2D eigenvalue weighted by Crippen LogP contribution is 2.27. The van der Waals surface area contributed by atoms with Crippen molar-refractivity contribution in [3.63, 3.8) is 0 Å². The Balaban J connectivity index is 1.75. The Morgan fingerprint density at radius 3 is 2.50 bits per heavy atom. The lowest BCUT2D eigenvalue weighted by Gasteiger charge is -2.33. The second kappa shape index (κ2) is 7.95. The van der Waals surface area contributed by atoms with Gasteiger partial charge in [-0.2, -0.15) is 0 Å². The summed E-state index contributed by atoms with van der Waals surface area (Å²) in [4.78, 5) is 27.9. The zero-order valence-corrected chi connectivity index (χ0v) is 15.3. The molecule has 2 heterocycles. The molecule has 1 fully saturated rings. The van der Waals surface area contributed by atoms with Gasteiger partial charge in [-0.3, -0.25) is 9.59 Å². The number of allylic oxidation sites excluding steroid dienone is 1. The number of hydrogen-bond acceptors (Lipinski definition) is 4. The van der Waals surface area contributed by atoms with Crippen molar-refractivity contribution >= 4 is 11.8 Å². The number of carbonyl (C=O) groups is 2. The number of halogens is 3. The molecule has 2 amide bonds. The van der Waals surface area contributed by atoms with Crippen LogP contribution in [-0.2, 0) is 16.1 Å². The van der Waals surface area contributed by atoms with Crippen LogP contribution in [0.5, 0.6) is 0 Å². The topological polar surface area (TPSA) is 72.9 Å². The number of hydrogen-bond donors (Lipinski definition) is 2. The second-order valence-corrected chi connectivity index (χ2v) is 6.78. The summed E-state index contributed by atoms with van der Waals surface area (Å²) in [5.41, 5.74) is -0.177. The number of amides is 2. The van der Waals surface area contributed by atoms with Crippen LogP contribution in [0, 0.1) is 17.5 Å². The number of benzene rings is 1. The van der Waals surface area contributed by atoms with Crippen molar-refractivity contribution in [2.75, 3.05) is 20.1 Å². The number of nitrogens with one attached hydrogen (secondary N) is 1. The van der Waals surface area contributed by atoms with Crippen molar-refractivity contribution < 1.29 is 27.9 Å². The number of aliphatic hydroxyl groups excluding tert-OH is 1. The number of rotatable bonds is 3. The van der Waals surface area contributed by atoms with E-state index in [9.17, 15) is 27.9 Å². The van der Waals surface area contributed by atoms with Gasteiger partial charge in [0.1, 0.15) is 28.9 Å². The van der Waals surface area contributed by atoms with Crippen molar-refractivity contribution in [2.45, 2.75) is 25.8 Å². The maximum atomic E-state index is 13.7. The van der Waals surface area contributed by atoms with Gasteiger partial charge in [0, 0.05) is 62.6 Å². The maximum Gasteiger partial charge on any atom is 0.273 e. The summed E-state index contributed by atoms with van der Waals surface area (Å²) in [7, 11) is 1.64. The quantitative estimate of drug-likeness (QED) is 0.824. The number of aliphatic hydroxyl groups is 1. The molecule has 0 unspecified atom stereocenters. The van der Waals surface area contributed by atoms with Gasteiger partial charge in [0.15, 0.2) is 0 Å². The molecule has 6 nitrogen and oxygen atoms in total. The molecule has 0 radical (unpaired) electrons. The molecule has 1 aromatic rings. The van der Waals surface area contributed by atoms with Crippen LogP contribution >= 0.6 is 0 Å². The first kappa shape index (κ1) is 19.8. The first-order valence-corrected chi connectivity index (χ1v) is 8.84. The zero-order valence-electron chi connectivity index (χ0n) is 15.3. The molecule has 0 spiro atoms. The van der Waals surface area contributed by atoms with Gasteiger partial charge in [-0.1, -0.05) is 0 Å². The molecule has 0 atom stereocenters. The minimum atomic E-state index is -1.10. The van der Waals surface area contributed by atoms with E-state index >= 15 is 0 Å². The van der Waals surface area contributed by atoms with Crippen LogP contribution < -0.4 is 5.32 Å². The van der Waals surface area contributed by atoms with E-state index in [-0.39, 0.29) is 29.4 Å². The van der Waals surface area contributed by atoms with Crippen molar-refractivity contribution in [1.82, 2.24) is 15.1 Å². The molecule has 0 bridgehead atoms. The average Bonchev–Trinajstić information content (AvgIpc) is 2.62. The lowest BCUT2D eigenvalue weighted by molar-refractivity contribution is -0.128. The molecular weight excluding hydrogens is 375 g/mol. The fraction of sp³-hybridized carbons (Fsp3) is 0.368. The summed E-state index contributed by atoms with van der Waals surface area (Å²) in [5, 5.41) is 12.7. The first-order chi connectivity index (χ1) is 13.3. The van der Waals surface area contributed by atoms with E-state index < -0.39 is 35.5 Å². The minimum Gasteiger partial charge on any atom is -0.510 e. The zero-order chi connectivity index (χ0) is 20.4. The third-order valence-corrected chi connectivity index (χ3v) is 4.75.